The number of para-hydroxylation sites is 1. The molecule has 0 spiro atoms. The molecule has 0 aliphatic carbocycles. The van der Waals surface area contributed by atoms with Gasteiger partial charge in [-0.3, -0.25) is 19.7 Å². The number of nitro groups is 1. The molecule has 0 aliphatic rings. The van der Waals surface area contributed by atoms with E-state index < -0.39 is 16.9 Å². The number of hydrogen-bond donors (Lipinski definition) is 4. The highest BCUT2D eigenvalue weighted by molar-refractivity contribution is 5.75. The lowest BCUT2D eigenvalue weighted by Crippen LogP contribution is -2.29. The van der Waals surface area contributed by atoms with Crippen LogP contribution in [0.5, 0.6) is 5.75 Å². The number of nitrogens with zero attached hydrogens (tertiary/aromatic N) is 1. The molecular weight excluding hydrogens is 404 g/mol. The number of carbonyl (C=O) groups excluding carboxylic acids is 1. The molecule has 2 aromatic carbocycles. The van der Waals surface area contributed by atoms with Crippen molar-refractivity contribution in [2.24, 2.45) is 17.2 Å². The van der Waals surface area contributed by atoms with Gasteiger partial charge >= 0.3 is 5.97 Å². The number of ether oxygens (including phenoxy) is 1. The fraction of sp³-hybridized carbons (Fsp3) is 0.333. The third-order valence-electron chi connectivity index (χ3n) is 3.94. The lowest BCUT2D eigenvalue weighted by Gasteiger charge is -2.03. The van der Waals surface area contributed by atoms with Crippen LogP contribution >= 0.6 is 0 Å². The van der Waals surface area contributed by atoms with Crippen LogP contribution in [0.1, 0.15) is 35.2 Å². The predicted molar refractivity (Wildman–Crippen MR) is 118 cm³/mol. The topological polar surface area (TPSA) is 185 Å². The van der Waals surface area contributed by atoms with Gasteiger partial charge in [-0.05, 0) is 37.6 Å². The molecule has 0 aliphatic heterocycles. The lowest BCUT2D eigenvalue weighted by molar-refractivity contribution is -0.384. The van der Waals surface area contributed by atoms with E-state index in [1.54, 1.807) is 7.11 Å². The van der Waals surface area contributed by atoms with Gasteiger partial charge in [0.05, 0.1) is 12.0 Å². The maximum Gasteiger partial charge on any atom is 0.320 e. The van der Waals surface area contributed by atoms with Gasteiger partial charge in [0, 0.05) is 29.8 Å². The van der Waals surface area contributed by atoms with Crippen LogP contribution in [0, 0.1) is 10.1 Å². The summed E-state index contributed by atoms with van der Waals surface area (Å²) in [7, 11) is 1.65. The van der Waals surface area contributed by atoms with Crippen LogP contribution in [0.3, 0.4) is 0 Å². The number of carboxylic acid groups (broad SMARTS) is 1. The number of benzene rings is 2. The number of unbranched alkanes of at least 4 members (excludes halogenated alkanes) is 1. The van der Waals surface area contributed by atoms with Crippen LogP contribution in [-0.2, 0) is 11.3 Å². The number of hydrogen-bond acceptors (Lipinski definition) is 8. The largest absolute Gasteiger partial charge is 0.496 e. The minimum Gasteiger partial charge on any atom is -0.496 e. The zero-order valence-electron chi connectivity index (χ0n) is 17.5. The molecule has 0 saturated heterocycles. The van der Waals surface area contributed by atoms with Crippen LogP contribution in [0.2, 0.25) is 0 Å². The molecule has 0 amide bonds. The van der Waals surface area contributed by atoms with E-state index in [1.165, 1.54) is 24.3 Å². The number of rotatable bonds is 9. The zero-order valence-corrected chi connectivity index (χ0v) is 17.5. The first-order valence-corrected chi connectivity index (χ1v) is 9.50. The lowest BCUT2D eigenvalue weighted by atomic mass is 10.1. The van der Waals surface area contributed by atoms with E-state index >= 15 is 0 Å². The quantitative estimate of drug-likeness (QED) is 0.198. The number of aliphatic carboxylic acids is 1. The van der Waals surface area contributed by atoms with Crippen LogP contribution in [0.25, 0.3) is 0 Å². The molecule has 0 radical (unpaired) electrons. The van der Waals surface area contributed by atoms with E-state index in [2.05, 4.69) is 0 Å². The van der Waals surface area contributed by atoms with Crippen LogP contribution in [0.15, 0.2) is 48.5 Å². The molecule has 10 heteroatoms. The third kappa shape index (κ3) is 12.1. The summed E-state index contributed by atoms with van der Waals surface area (Å²) in [5.41, 5.74) is 17.3. The molecule has 10 nitrogen and oxygen atoms in total. The number of nitro benzene ring substituents is 1. The predicted octanol–water partition coefficient (Wildman–Crippen LogP) is 2.09. The van der Waals surface area contributed by atoms with Gasteiger partial charge in [0.2, 0.25) is 0 Å². The Morgan fingerprint density at radius 2 is 1.77 bits per heavy atom. The number of carboxylic acids is 1. The van der Waals surface area contributed by atoms with E-state index in [4.69, 9.17) is 27.0 Å². The van der Waals surface area contributed by atoms with Gasteiger partial charge < -0.3 is 27.0 Å². The minimum absolute atomic E-state index is 0.00407. The van der Waals surface area contributed by atoms with Crippen molar-refractivity contribution < 1.29 is 24.4 Å². The van der Waals surface area contributed by atoms with Gasteiger partial charge in [0.1, 0.15) is 18.1 Å². The van der Waals surface area contributed by atoms with E-state index in [0.717, 1.165) is 24.2 Å². The van der Waals surface area contributed by atoms with E-state index in [0.29, 0.717) is 31.4 Å². The third-order valence-corrected chi connectivity index (χ3v) is 3.94. The molecule has 1 atom stereocenters. The summed E-state index contributed by atoms with van der Waals surface area (Å²) >= 11 is 0. The fourth-order valence-corrected chi connectivity index (χ4v) is 2.18. The molecule has 31 heavy (non-hydrogen) atoms. The normalized spacial score (nSPS) is 10.5. The second-order valence-electron chi connectivity index (χ2n) is 6.21. The monoisotopic (exact) mass is 434 g/mol. The summed E-state index contributed by atoms with van der Waals surface area (Å²) in [5, 5.41) is 18.4. The van der Waals surface area contributed by atoms with Crippen molar-refractivity contribution in [1.29, 1.82) is 0 Å². The second-order valence-corrected chi connectivity index (χ2v) is 6.21. The first-order chi connectivity index (χ1) is 14.8. The van der Waals surface area contributed by atoms with Crippen LogP contribution in [0.4, 0.5) is 5.69 Å². The molecule has 1 unspecified atom stereocenters. The van der Waals surface area contributed by atoms with Gasteiger partial charge in [0.25, 0.3) is 5.69 Å². The average Bonchev–Trinajstić information content (AvgIpc) is 2.79. The van der Waals surface area contributed by atoms with Crippen molar-refractivity contribution in [3.05, 3.63) is 69.8 Å². The molecule has 0 aromatic heterocycles. The number of carbonyl (C=O) groups is 2. The Labute approximate surface area is 181 Å². The molecular formula is C21H30N4O6. The maximum absolute atomic E-state index is 10.1. The second kappa shape index (κ2) is 16.5. The Kier molecular flexibility index (Phi) is 14.7. The van der Waals surface area contributed by atoms with Crippen molar-refractivity contribution in [1.82, 2.24) is 0 Å². The van der Waals surface area contributed by atoms with Crippen molar-refractivity contribution in [2.75, 3.05) is 13.7 Å². The summed E-state index contributed by atoms with van der Waals surface area (Å²) in [4.78, 5) is 29.9. The Bertz CT molecular complexity index is 776. The highest BCUT2D eigenvalue weighted by Crippen LogP contribution is 2.15. The average molecular weight is 434 g/mol. The molecule has 2 aromatic rings. The molecule has 2 rings (SSSR count). The van der Waals surface area contributed by atoms with Crippen LogP contribution in [-0.4, -0.2) is 42.0 Å². The van der Waals surface area contributed by atoms with Crippen molar-refractivity contribution in [3.63, 3.8) is 0 Å². The first-order valence-electron chi connectivity index (χ1n) is 9.50. The summed E-state index contributed by atoms with van der Waals surface area (Å²) in [5.74, 6) is -0.0676. The molecule has 0 fully saturated rings. The van der Waals surface area contributed by atoms with Gasteiger partial charge in [-0.1, -0.05) is 24.6 Å². The molecule has 170 valence electrons. The molecule has 0 heterocycles. The highest BCUT2D eigenvalue weighted by Gasteiger charge is 2.09. The summed E-state index contributed by atoms with van der Waals surface area (Å²) in [6, 6.07) is 12.4. The minimum atomic E-state index is -0.933. The summed E-state index contributed by atoms with van der Waals surface area (Å²) < 4.78 is 5.06. The smallest absolute Gasteiger partial charge is 0.320 e. The number of nitrogens with two attached hydrogens (primary N) is 3. The van der Waals surface area contributed by atoms with Gasteiger partial charge in [-0.25, -0.2) is 0 Å². The highest BCUT2D eigenvalue weighted by atomic mass is 16.6. The van der Waals surface area contributed by atoms with E-state index in [-0.39, 0.29) is 5.69 Å². The Balaban J connectivity index is 0.000000436. The van der Waals surface area contributed by atoms with Gasteiger partial charge in [-0.15, -0.1) is 0 Å². The summed E-state index contributed by atoms with van der Waals surface area (Å²) in [6.07, 6.45) is 2.81. The Morgan fingerprint density at radius 1 is 1.16 bits per heavy atom. The van der Waals surface area contributed by atoms with Crippen LogP contribution < -0.4 is 21.9 Å². The Morgan fingerprint density at radius 3 is 2.19 bits per heavy atom. The van der Waals surface area contributed by atoms with Crippen molar-refractivity contribution in [3.8, 4) is 5.75 Å². The molecule has 7 N–H and O–H groups in total. The van der Waals surface area contributed by atoms with E-state index in [9.17, 15) is 19.7 Å². The van der Waals surface area contributed by atoms with Gasteiger partial charge in [-0.2, -0.15) is 0 Å². The SMILES string of the molecule is COc1ccccc1CN.NCCCCC(N)C(=O)O.O=Cc1ccc([N+](=O)[O-])cc1. The summed E-state index contributed by atoms with van der Waals surface area (Å²) in [6.45, 7) is 1.14. The standard InChI is InChI=1S/C8H11NO.C7H5NO3.C6H14N2O2/c1-10-8-5-3-2-4-7(8)6-9;9-5-6-1-3-7(4-2-6)8(10)11;7-4-2-1-3-5(8)6(9)10/h2-5H,6,9H2,1H3;1-5H;5H,1-4,7-8H2,(H,9,10). The van der Waals surface area contributed by atoms with Crippen molar-refractivity contribution >= 4 is 17.9 Å². The number of methoxy groups -OCH3 is 1. The maximum atomic E-state index is 10.1. The number of non-ortho nitro benzene ring substituents is 1. The first kappa shape index (κ1) is 27.7. The molecule has 0 bridgehead atoms. The van der Waals surface area contributed by atoms with Gasteiger partial charge in [0.15, 0.2) is 0 Å². The zero-order chi connectivity index (χ0) is 23.6. The van der Waals surface area contributed by atoms with E-state index in [1.807, 2.05) is 24.3 Å². The fourth-order valence-electron chi connectivity index (χ4n) is 2.18. The Hall–Kier alpha value is -3.34. The van der Waals surface area contributed by atoms with Crippen molar-refractivity contribution in [2.45, 2.75) is 31.8 Å². The molecule has 0 saturated carbocycles. The number of aldehydes is 1.